The van der Waals surface area contributed by atoms with Crippen molar-refractivity contribution in [1.29, 1.82) is 0 Å². The molecule has 0 aliphatic heterocycles. The van der Waals surface area contributed by atoms with E-state index in [4.69, 9.17) is 4.74 Å². The van der Waals surface area contributed by atoms with Crippen molar-refractivity contribution < 1.29 is 24.5 Å². The van der Waals surface area contributed by atoms with Crippen molar-refractivity contribution in [2.45, 2.75) is 277 Å². The standard InChI is InChI=1S/C54H99NO5/c1-4-7-10-13-16-19-22-24-25-26-27-28-29-32-35-38-41-44-47-54(59)60-50(45-42-39-36-33-30-21-18-15-12-9-6-3)48-53(58)55-51(49-56)52(57)46-43-40-37-34-31-23-20-17-14-11-8-5-2/h22,24-28,33,36,50-52,56-57H,4-21,23,29-32,34-35,37-49H2,1-3H3,(H,55,58)/b24-22+,26-25+,28-27+,36-33-. The van der Waals surface area contributed by atoms with Crippen LogP contribution in [-0.2, 0) is 14.3 Å². The van der Waals surface area contributed by atoms with Crippen molar-refractivity contribution in [2.24, 2.45) is 0 Å². The van der Waals surface area contributed by atoms with Crippen LogP contribution in [0.2, 0.25) is 0 Å². The molecule has 0 aromatic carbocycles. The summed E-state index contributed by atoms with van der Waals surface area (Å²) < 4.78 is 5.90. The van der Waals surface area contributed by atoms with Crippen LogP contribution in [0.1, 0.15) is 258 Å². The molecule has 0 spiro atoms. The van der Waals surface area contributed by atoms with E-state index >= 15 is 0 Å². The van der Waals surface area contributed by atoms with Crippen LogP contribution >= 0.6 is 0 Å². The first-order valence-electron chi connectivity index (χ1n) is 25.9. The van der Waals surface area contributed by atoms with Crippen LogP contribution < -0.4 is 5.32 Å². The van der Waals surface area contributed by atoms with Gasteiger partial charge < -0.3 is 20.3 Å². The first kappa shape index (κ1) is 57.8. The third-order valence-corrected chi connectivity index (χ3v) is 11.7. The Kier molecular flexibility index (Phi) is 46.1. The summed E-state index contributed by atoms with van der Waals surface area (Å²) in [5.41, 5.74) is 0. The Balaban J connectivity index is 4.58. The summed E-state index contributed by atoms with van der Waals surface area (Å²) in [6, 6.07) is -0.713. The summed E-state index contributed by atoms with van der Waals surface area (Å²) >= 11 is 0. The van der Waals surface area contributed by atoms with Gasteiger partial charge in [-0.2, -0.15) is 0 Å². The number of hydrogen-bond donors (Lipinski definition) is 3. The second-order valence-electron chi connectivity index (χ2n) is 17.6. The number of aliphatic hydroxyl groups is 2. The average Bonchev–Trinajstić information content (AvgIpc) is 3.24. The average molecular weight is 842 g/mol. The van der Waals surface area contributed by atoms with Crippen molar-refractivity contribution in [2.75, 3.05) is 6.61 Å². The molecule has 3 atom stereocenters. The Morgan fingerprint density at radius 1 is 0.483 bits per heavy atom. The van der Waals surface area contributed by atoms with E-state index in [0.29, 0.717) is 19.3 Å². The monoisotopic (exact) mass is 842 g/mol. The Morgan fingerprint density at radius 2 is 0.883 bits per heavy atom. The van der Waals surface area contributed by atoms with Crippen LogP contribution in [0, 0.1) is 0 Å². The molecule has 60 heavy (non-hydrogen) atoms. The van der Waals surface area contributed by atoms with Crippen molar-refractivity contribution in [3.05, 3.63) is 48.6 Å². The van der Waals surface area contributed by atoms with Crippen LogP contribution in [0.5, 0.6) is 0 Å². The van der Waals surface area contributed by atoms with E-state index in [0.717, 1.165) is 77.0 Å². The Bertz CT molecular complexity index is 1040. The normalized spacial score (nSPS) is 13.6. The lowest BCUT2D eigenvalue weighted by atomic mass is 10.0. The maximum atomic E-state index is 13.2. The maximum absolute atomic E-state index is 13.2. The second-order valence-corrected chi connectivity index (χ2v) is 17.6. The van der Waals surface area contributed by atoms with Gasteiger partial charge in [0.05, 0.1) is 25.2 Å². The fourth-order valence-electron chi connectivity index (χ4n) is 7.73. The predicted molar refractivity (Wildman–Crippen MR) is 259 cm³/mol. The summed E-state index contributed by atoms with van der Waals surface area (Å²) in [4.78, 5) is 26.1. The summed E-state index contributed by atoms with van der Waals surface area (Å²) in [6.45, 7) is 6.44. The maximum Gasteiger partial charge on any atom is 0.306 e. The van der Waals surface area contributed by atoms with Gasteiger partial charge in [-0.3, -0.25) is 9.59 Å². The quantitative estimate of drug-likeness (QED) is 0.0246. The van der Waals surface area contributed by atoms with Crippen LogP contribution in [0.15, 0.2) is 48.6 Å². The van der Waals surface area contributed by atoms with E-state index in [-0.39, 0.29) is 24.9 Å². The third kappa shape index (κ3) is 42.5. The fraction of sp³-hybridized carbons (Fsp3) is 0.815. The molecular formula is C54H99NO5. The van der Waals surface area contributed by atoms with Crippen LogP contribution in [-0.4, -0.2) is 46.9 Å². The Labute approximate surface area is 372 Å². The van der Waals surface area contributed by atoms with E-state index in [1.807, 2.05) is 0 Å². The molecule has 6 heteroatoms. The molecular weight excluding hydrogens is 743 g/mol. The Morgan fingerprint density at radius 3 is 1.35 bits per heavy atom. The highest BCUT2D eigenvalue weighted by atomic mass is 16.5. The molecule has 0 heterocycles. The molecule has 3 unspecified atom stereocenters. The molecule has 3 N–H and O–H groups in total. The largest absolute Gasteiger partial charge is 0.462 e. The fourth-order valence-corrected chi connectivity index (χ4v) is 7.73. The molecule has 0 rings (SSSR count). The van der Waals surface area contributed by atoms with Crippen molar-refractivity contribution >= 4 is 11.9 Å². The molecule has 0 bridgehead atoms. The summed E-state index contributed by atoms with van der Waals surface area (Å²) in [7, 11) is 0. The first-order chi connectivity index (χ1) is 29.5. The number of carbonyl (C=O) groups excluding carboxylic acids is 2. The smallest absolute Gasteiger partial charge is 0.306 e. The number of carbonyl (C=O) groups is 2. The number of aliphatic hydroxyl groups excluding tert-OH is 2. The number of hydrogen-bond acceptors (Lipinski definition) is 5. The lowest BCUT2D eigenvalue weighted by Crippen LogP contribution is -2.46. The van der Waals surface area contributed by atoms with Gasteiger partial charge in [0.1, 0.15) is 6.10 Å². The van der Waals surface area contributed by atoms with E-state index in [1.165, 1.54) is 135 Å². The van der Waals surface area contributed by atoms with E-state index in [2.05, 4.69) is 74.7 Å². The molecule has 0 saturated carbocycles. The zero-order valence-corrected chi connectivity index (χ0v) is 39.8. The number of amides is 1. The number of nitrogens with one attached hydrogen (secondary N) is 1. The molecule has 0 aromatic heterocycles. The van der Waals surface area contributed by atoms with Gasteiger partial charge in [-0.25, -0.2) is 0 Å². The molecule has 0 fully saturated rings. The summed E-state index contributed by atoms with van der Waals surface area (Å²) in [5.74, 6) is -0.522. The Hall–Kier alpha value is -2.18. The van der Waals surface area contributed by atoms with Crippen LogP contribution in [0.3, 0.4) is 0 Å². The highest BCUT2D eigenvalue weighted by Crippen LogP contribution is 2.17. The minimum atomic E-state index is -0.797. The van der Waals surface area contributed by atoms with Crippen molar-refractivity contribution in [3.63, 3.8) is 0 Å². The molecule has 0 radical (unpaired) electrons. The van der Waals surface area contributed by atoms with Gasteiger partial charge in [0.15, 0.2) is 0 Å². The number of rotatable bonds is 46. The van der Waals surface area contributed by atoms with Gasteiger partial charge in [0.25, 0.3) is 0 Å². The molecule has 1 amide bonds. The van der Waals surface area contributed by atoms with Gasteiger partial charge in [-0.15, -0.1) is 0 Å². The van der Waals surface area contributed by atoms with Gasteiger partial charge >= 0.3 is 5.97 Å². The minimum Gasteiger partial charge on any atom is -0.462 e. The van der Waals surface area contributed by atoms with E-state index in [1.54, 1.807) is 0 Å². The zero-order chi connectivity index (χ0) is 43.8. The number of unbranched alkanes of at least 4 members (excludes halogenated alkanes) is 28. The first-order valence-corrected chi connectivity index (χ1v) is 25.9. The van der Waals surface area contributed by atoms with Gasteiger partial charge in [0.2, 0.25) is 5.91 Å². The van der Waals surface area contributed by atoms with Crippen LogP contribution in [0.25, 0.3) is 0 Å². The number of allylic oxidation sites excluding steroid dienone is 8. The molecule has 350 valence electrons. The topological polar surface area (TPSA) is 95.9 Å². The number of ether oxygens (including phenoxy) is 1. The lowest BCUT2D eigenvalue weighted by molar-refractivity contribution is -0.151. The third-order valence-electron chi connectivity index (χ3n) is 11.7. The molecule has 0 aliphatic carbocycles. The van der Waals surface area contributed by atoms with Crippen molar-refractivity contribution in [1.82, 2.24) is 5.32 Å². The van der Waals surface area contributed by atoms with Crippen molar-refractivity contribution in [3.8, 4) is 0 Å². The van der Waals surface area contributed by atoms with Gasteiger partial charge in [0, 0.05) is 6.42 Å². The highest BCUT2D eigenvalue weighted by Gasteiger charge is 2.24. The number of esters is 1. The summed E-state index contributed by atoms with van der Waals surface area (Å²) in [6.07, 6.45) is 57.4. The SMILES string of the molecule is CCCCCCC/C=C/C=C/C=C/CCCCCCCC(=O)OC(CCC/C=C\CCCCCCCC)CC(=O)NC(CO)C(O)CCCCCCCCCCCCCC. The molecule has 6 nitrogen and oxygen atoms in total. The molecule has 0 saturated heterocycles. The molecule has 0 aromatic rings. The minimum absolute atomic E-state index is 0.0488. The second kappa shape index (κ2) is 47.9. The molecule has 0 aliphatic rings. The lowest BCUT2D eigenvalue weighted by Gasteiger charge is -2.24. The van der Waals surface area contributed by atoms with Gasteiger partial charge in [-0.05, 0) is 70.6 Å². The van der Waals surface area contributed by atoms with Gasteiger partial charge in [-0.1, -0.05) is 223 Å². The summed E-state index contributed by atoms with van der Waals surface area (Å²) in [5, 5.41) is 23.7. The van der Waals surface area contributed by atoms with Crippen LogP contribution in [0.4, 0.5) is 0 Å². The predicted octanol–water partition coefficient (Wildman–Crippen LogP) is 15.5. The highest BCUT2D eigenvalue weighted by molar-refractivity contribution is 5.77. The zero-order valence-electron chi connectivity index (χ0n) is 39.8. The van der Waals surface area contributed by atoms with E-state index < -0.39 is 18.2 Å². The van der Waals surface area contributed by atoms with E-state index in [9.17, 15) is 19.8 Å².